The summed E-state index contributed by atoms with van der Waals surface area (Å²) in [5, 5.41) is 4.02. The molecule has 0 heterocycles. The van der Waals surface area contributed by atoms with E-state index in [0.29, 0.717) is 0 Å². The van der Waals surface area contributed by atoms with Crippen LogP contribution in [0.5, 0.6) is 0 Å². The number of benzene rings is 3. The van der Waals surface area contributed by atoms with E-state index in [1.807, 2.05) is 42.5 Å². The largest absolute Gasteiger partial charge is 0.289 e. The van der Waals surface area contributed by atoms with Crippen molar-refractivity contribution < 1.29 is 0 Å². The average molecular weight is 338 g/mol. The van der Waals surface area contributed by atoms with Crippen LogP contribution in [0.3, 0.4) is 0 Å². The summed E-state index contributed by atoms with van der Waals surface area (Å²) < 4.78 is 0. The van der Waals surface area contributed by atoms with Crippen molar-refractivity contribution in [1.82, 2.24) is 0 Å². The van der Waals surface area contributed by atoms with Crippen LogP contribution >= 0.6 is 0 Å². The number of rotatable bonds is 1. The number of fused-ring (bicyclic) bond motifs is 3. The third-order valence-electron chi connectivity index (χ3n) is 5.02. The maximum atomic E-state index is 13.0. The van der Waals surface area contributed by atoms with Crippen molar-refractivity contribution in [3.8, 4) is 11.1 Å². The van der Waals surface area contributed by atoms with E-state index in [2.05, 4.69) is 51.1 Å². The van der Waals surface area contributed by atoms with Crippen LogP contribution in [0.1, 0.15) is 26.3 Å². The predicted octanol–water partition coefficient (Wildman–Crippen LogP) is 6.32. The van der Waals surface area contributed by atoms with Gasteiger partial charge in [-0.15, -0.1) is 0 Å². The van der Waals surface area contributed by atoms with Gasteiger partial charge < -0.3 is 0 Å². The Morgan fingerprint density at radius 3 is 1.92 bits per heavy atom. The van der Waals surface area contributed by atoms with Crippen molar-refractivity contribution in [3.63, 3.8) is 0 Å². The Kier molecular flexibility index (Phi) is 3.88. The lowest BCUT2D eigenvalue weighted by atomic mass is 9.85. The summed E-state index contributed by atoms with van der Waals surface area (Å²) in [6.07, 6.45) is 0. The Labute approximate surface area is 153 Å². The number of hydrogen-bond acceptors (Lipinski definition) is 1. The molecule has 0 N–H and O–H groups in total. The lowest BCUT2D eigenvalue weighted by Crippen LogP contribution is -2.10. The van der Waals surface area contributed by atoms with Gasteiger partial charge in [-0.2, -0.15) is 0 Å². The summed E-state index contributed by atoms with van der Waals surface area (Å²) in [7, 11) is 0. The highest BCUT2D eigenvalue weighted by atomic mass is 16.1. The third kappa shape index (κ3) is 2.80. The molecule has 4 aromatic rings. The SMILES string of the molecule is CC(C)(C)c1ccc2c(c1)c(-c1ccccc1)cc(=O)c1ccccc12. The van der Waals surface area contributed by atoms with E-state index >= 15 is 0 Å². The van der Waals surface area contributed by atoms with Crippen LogP contribution in [0.25, 0.3) is 32.7 Å². The molecular weight excluding hydrogens is 316 g/mol. The van der Waals surface area contributed by atoms with E-state index in [9.17, 15) is 4.79 Å². The fourth-order valence-electron chi connectivity index (χ4n) is 3.54. The second-order valence-electron chi connectivity index (χ2n) is 7.84. The second kappa shape index (κ2) is 6.10. The Bertz CT molecular complexity index is 1170. The highest BCUT2D eigenvalue weighted by Gasteiger charge is 2.16. The summed E-state index contributed by atoms with van der Waals surface area (Å²) >= 11 is 0. The zero-order valence-electron chi connectivity index (χ0n) is 15.4. The Hall–Kier alpha value is -2.93. The Balaban J connectivity index is 2.25. The van der Waals surface area contributed by atoms with E-state index in [0.717, 1.165) is 32.7 Å². The van der Waals surface area contributed by atoms with Gasteiger partial charge in [0.05, 0.1) is 0 Å². The monoisotopic (exact) mass is 338 g/mol. The second-order valence-corrected chi connectivity index (χ2v) is 7.84. The van der Waals surface area contributed by atoms with E-state index in [1.54, 1.807) is 6.07 Å². The molecule has 26 heavy (non-hydrogen) atoms. The molecule has 1 heteroatoms. The maximum absolute atomic E-state index is 13.0. The summed E-state index contributed by atoms with van der Waals surface area (Å²) in [5.41, 5.74) is 3.44. The zero-order chi connectivity index (χ0) is 18.3. The fraction of sp³-hybridized carbons (Fsp3) is 0.160. The normalized spacial score (nSPS) is 11.8. The molecule has 0 saturated heterocycles. The van der Waals surface area contributed by atoms with Crippen LogP contribution in [0.4, 0.5) is 0 Å². The van der Waals surface area contributed by atoms with Crippen LogP contribution < -0.4 is 5.43 Å². The Morgan fingerprint density at radius 1 is 0.615 bits per heavy atom. The van der Waals surface area contributed by atoms with Crippen molar-refractivity contribution in [2.24, 2.45) is 0 Å². The summed E-state index contributed by atoms with van der Waals surface area (Å²) in [5.74, 6) is 0. The van der Waals surface area contributed by atoms with Gasteiger partial charge in [0, 0.05) is 5.39 Å². The predicted molar refractivity (Wildman–Crippen MR) is 112 cm³/mol. The van der Waals surface area contributed by atoms with Crippen molar-refractivity contribution in [3.05, 3.63) is 94.6 Å². The van der Waals surface area contributed by atoms with Crippen molar-refractivity contribution in [1.29, 1.82) is 0 Å². The molecule has 0 atom stereocenters. The van der Waals surface area contributed by atoms with E-state index < -0.39 is 0 Å². The van der Waals surface area contributed by atoms with Gasteiger partial charge in [-0.25, -0.2) is 0 Å². The van der Waals surface area contributed by atoms with Gasteiger partial charge >= 0.3 is 0 Å². The molecule has 0 spiro atoms. The van der Waals surface area contributed by atoms with E-state index in [1.165, 1.54) is 5.56 Å². The minimum Gasteiger partial charge on any atom is -0.289 e. The quantitative estimate of drug-likeness (QED) is 0.397. The maximum Gasteiger partial charge on any atom is 0.187 e. The molecule has 0 saturated carbocycles. The fourth-order valence-corrected chi connectivity index (χ4v) is 3.54. The average Bonchev–Trinajstić information content (AvgIpc) is 2.77. The molecule has 4 aromatic carbocycles. The topological polar surface area (TPSA) is 17.1 Å². The highest BCUT2D eigenvalue weighted by Crippen LogP contribution is 2.34. The van der Waals surface area contributed by atoms with E-state index in [-0.39, 0.29) is 10.8 Å². The molecule has 0 amide bonds. The Morgan fingerprint density at radius 2 is 1.23 bits per heavy atom. The molecule has 0 bridgehead atoms. The molecule has 0 unspecified atom stereocenters. The van der Waals surface area contributed by atoms with Crippen molar-refractivity contribution in [2.75, 3.05) is 0 Å². The van der Waals surface area contributed by atoms with Gasteiger partial charge in [-0.05, 0) is 50.4 Å². The first-order valence-corrected chi connectivity index (χ1v) is 9.01. The van der Waals surface area contributed by atoms with Gasteiger partial charge in [0.1, 0.15) is 0 Å². The first-order valence-electron chi connectivity index (χ1n) is 9.01. The number of hydrogen-bond donors (Lipinski definition) is 0. The molecule has 0 aliphatic heterocycles. The molecule has 0 fully saturated rings. The molecule has 0 aliphatic rings. The van der Waals surface area contributed by atoms with Gasteiger partial charge in [-0.1, -0.05) is 87.5 Å². The van der Waals surface area contributed by atoms with Crippen LogP contribution in [0.2, 0.25) is 0 Å². The van der Waals surface area contributed by atoms with Gasteiger partial charge in [0.15, 0.2) is 5.43 Å². The van der Waals surface area contributed by atoms with Gasteiger partial charge in [0.25, 0.3) is 0 Å². The van der Waals surface area contributed by atoms with Crippen LogP contribution in [0.15, 0.2) is 83.7 Å². The first-order chi connectivity index (χ1) is 12.4. The smallest absolute Gasteiger partial charge is 0.187 e. The van der Waals surface area contributed by atoms with Crippen LogP contribution in [0, 0.1) is 0 Å². The minimum atomic E-state index is 0.0483. The lowest BCUT2D eigenvalue weighted by molar-refractivity contribution is 0.591. The molecule has 1 nitrogen and oxygen atoms in total. The lowest BCUT2D eigenvalue weighted by Gasteiger charge is -2.20. The van der Waals surface area contributed by atoms with E-state index in [4.69, 9.17) is 0 Å². The standard InChI is InChI=1S/C25H22O/c1-25(2,3)18-13-14-20-19-11-7-8-12-21(19)24(26)16-22(23(20)15-18)17-9-5-4-6-10-17/h4-16H,1-3H3. The van der Waals surface area contributed by atoms with Gasteiger partial charge in [0.2, 0.25) is 0 Å². The van der Waals surface area contributed by atoms with Crippen LogP contribution in [-0.4, -0.2) is 0 Å². The molecule has 4 rings (SSSR count). The molecular formula is C25H22O. The van der Waals surface area contributed by atoms with Crippen LogP contribution in [-0.2, 0) is 5.41 Å². The van der Waals surface area contributed by atoms with Gasteiger partial charge in [-0.3, -0.25) is 4.79 Å². The highest BCUT2D eigenvalue weighted by molar-refractivity contribution is 6.11. The molecule has 0 radical (unpaired) electrons. The van der Waals surface area contributed by atoms with Crippen molar-refractivity contribution >= 4 is 21.5 Å². The molecule has 128 valence electrons. The molecule has 0 aromatic heterocycles. The van der Waals surface area contributed by atoms with Crippen molar-refractivity contribution in [2.45, 2.75) is 26.2 Å². The summed E-state index contributed by atoms with van der Waals surface area (Å²) in [6, 6.07) is 26.5. The summed E-state index contributed by atoms with van der Waals surface area (Å²) in [4.78, 5) is 13.0. The zero-order valence-corrected chi connectivity index (χ0v) is 15.4. The minimum absolute atomic E-state index is 0.0483. The first kappa shape index (κ1) is 16.5. The third-order valence-corrected chi connectivity index (χ3v) is 5.02. The summed E-state index contributed by atoms with van der Waals surface area (Å²) in [6.45, 7) is 6.66. The molecule has 0 aliphatic carbocycles.